The van der Waals surface area contributed by atoms with Gasteiger partial charge in [-0.15, -0.1) is 0 Å². The summed E-state index contributed by atoms with van der Waals surface area (Å²) in [7, 11) is 1.83. The summed E-state index contributed by atoms with van der Waals surface area (Å²) < 4.78 is 22.0. The molecule has 73 heavy (non-hydrogen) atoms. The van der Waals surface area contributed by atoms with E-state index in [1.165, 1.54) is 35.2 Å². The summed E-state index contributed by atoms with van der Waals surface area (Å²) in [6, 6.07) is 7.23. The zero-order valence-corrected chi connectivity index (χ0v) is 44.0. The van der Waals surface area contributed by atoms with Crippen LogP contribution in [0.3, 0.4) is 0 Å². The van der Waals surface area contributed by atoms with Gasteiger partial charge < -0.3 is 67.9 Å². The van der Waals surface area contributed by atoms with Gasteiger partial charge in [0.1, 0.15) is 42.8 Å². The molecule has 0 aliphatic carbocycles. The zero-order valence-electron chi connectivity index (χ0n) is 43.1. The van der Waals surface area contributed by atoms with Gasteiger partial charge in [-0.1, -0.05) is 26.0 Å². The van der Waals surface area contributed by atoms with Gasteiger partial charge in [0, 0.05) is 31.7 Å². The molecular weight excluding hydrogens is 970 g/mol. The number of likely N-dealkylation sites (N-methyl/N-ethyl adjacent to an activating group) is 1. The maximum atomic E-state index is 14.0. The summed E-state index contributed by atoms with van der Waals surface area (Å²) in [5.41, 5.74) is 22.2. The predicted molar refractivity (Wildman–Crippen MR) is 278 cm³/mol. The number of carboxylic acid groups (broad SMARTS) is 1. The Balaban J connectivity index is 0.000000596. The Labute approximate surface area is 427 Å². The molecule has 2 aromatic carbocycles. The van der Waals surface area contributed by atoms with E-state index in [2.05, 4.69) is 31.3 Å². The quantitative estimate of drug-likeness (QED) is 0.0124. The number of quaternary nitrogens is 1. The van der Waals surface area contributed by atoms with E-state index in [1.807, 2.05) is 48.8 Å². The van der Waals surface area contributed by atoms with Gasteiger partial charge in [-0.3, -0.25) is 48.7 Å². The number of hydrogen-bond donors (Lipinski definition) is 11. The summed E-state index contributed by atoms with van der Waals surface area (Å²) >= 11 is 0. The number of nitrogens with one attached hydrogen (secondary N) is 4. The van der Waals surface area contributed by atoms with Crippen LogP contribution in [0.15, 0.2) is 52.4 Å². The Morgan fingerprint density at radius 3 is 2.25 bits per heavy atom. The number of carbonyl (C=O) groups is 6. The number of benzene rings is 2. The average molecular weight is 1050 g/mol. The van der Waals surface area contributed by atoms with Crippen molar-refractivity contribution in [1.82, 2.24) is 31.1 Å². The van der Waals surface area contributed by atoms with Crippen molar-refractivity contribution in [3.8, 4) is 11.5 Å². The molecule has 15 N–H and O–H groups in total. The minimum absolute atomic E-state index is 0.000977. The van der Waals surface area contributed by atoms with E-state index >= 15 is 0 Å². The number of hydrogen-bond acceptors (Lipinski definition) is 15. The number of phosphoric ester groups is 1. The molecule has 0 aromatic heterocycles. The highest BCUT2D eigenvalue weighted by molar-refractivity contribution is 7.47. The van der Waals surface area contributed by atoms with E-state index in [1.54, 1.807) is 23.2 Å². The fourth-order valence-corrected chi connectivity index (χ4v) is 8.16. The molecule has 3 unspecified atom stereocenters. The number of aliphatic carboxylic acids is 1. The van der Waals surface area contributed by atoms with E-state index in [0.29, 0.717) is 67.5 Å². The van der Waals surface area contributed by atoms with Gasteiger partial charge >= 0.3 is 13.8 Å². The van der Waals surface area contributed by atoms with E-state index in [9.17, 15) is 48.4 Å². The normalized spacial score (nSPS) is 18.0. The number of guanidine groups is 1. The molecule has 6 atom stereocenters. The first-order valence-corrected chi connectivity index (χ1v) is 25.7. The van der Waals surface area contributed by atoms with Gasteiger partial charge in [0.2, 0.25) is 29.5 Å². The Bertz CT molecular complexity index is 2220. The fourth-order valence-electron chi connectivity index (χ4n) is 7.40. The second-order valence-electron chi connectivity index (χ2n) is 18.2. The summed E-state index contributed by atoms with van der Waals surface area (Å²) in [6.07, 6.45) is 5.55. The second-order valence-corrected chi connectivity index (χ2v) is 19.6. The first-order chi connectivity index (χ1) is 34.3. The standard InChI is InChI=1S/C32H48N8O8.C11H19N2O4P.C4H11N3/c1-4-21-30(45)40(19(3)37-21)24(11-6-7-14-34-5-2)31(46)39-15-9-12-23(39)29(44)36-17-26(42)35-18-27(43)38-22(32(47)48)16-20-10-8-13-25(41)28(20)33;1-13(2,3)8-9-16-18(14,15)17-11-6-4-10(12)5-7-11;1-2-3-7-4(5)6/h5,8,10,13,19,21-24,37,41H,4,6-7,9,11-12,14-18,33H2,1-3H3,(H,35,42)(H,36,44)(H,38,43)(H,47,48);4-7H,8-9,12H2,1-3H3;2-3H2,1H3,(H4,5,6,7)/p+1/t19?,21?,22-,23-,24-;;/m0../s1. The number of phenolic OH excluding ortho intramolecular Hbond substituents is 1. The molecule has 0 radical (unpaired) electrons. The van der Waals surface area contributed by atoms with Gasteiger partial charge in [-0.2, -0.15) is 0 Å². The molecule has 2 saturated heterocycles. The molecule has 5 amide bonds. The summed E-state index contributed by atoms with van der Waals surface area (Å²) in [6.45, 7) is 9.01. The van der Waals surface area contributed by atoms with Crippen molar-refractivity contribution in [3.05, 3.63) is 48.0 Å². The third-order valence-corrected chi connectivity index (χ3v) is 12.2. The number of likely N-dealkylation sites (tertiary alicyclic amines) is 1. The lowest BCUT2D eigenvalue weighted by atomic mass is 10.0. The smallest absolute Gasteiger partial charge is 0.506 e. The van der Waals surface area contributed by atoms with Gasteiger partial charge in [-0.05, 0) is 101 Å². The maximum absolute atomic E-state index is 14.0. The van der Waals surface area contributed by atoms with Crippen LogP contribution in [0, 0.1) is 0 Å². The maximum Gasteiger partial charge on any atom is 0.527 e. The molecule has 2 aliphatic heterocycles. The SMILES string of the molecule is CC=NCCCC[C@@H](C(=O)N1CCC[C@H]1C(=O)NCC(=O)NCC(=O)N[C@@H](Cc1cccc(O)c1N)C(=O)O)N1C(=O)C(CC)NC1C.CCCN=C(N)N.C[N+](C)(C)CCOP(=O)(O)Oc1ccc(N)cc1. The molecule has 2 aromatic rings. The monoisotopic (exact) mass is 1050 g/mol. The lowest BCUT2D eigenvalue weighted by molar-refractivity contribution is -0.870. The molecule has 2 aliphatic rings. The van der Waals surface area contributed by atoms with Gasteiger partial charge in [0.15, 0.2) is 5.96 Å². The summed E-state index contributed by atoms with van der Waals surface area (Å²) in [4.78, 5) is 97.5. The second kappa shape index (κ2) is 31.1. The number of unbranched alkanes of at least 4 members (excludes halogenated alkanes) is 1. The molecule has 0 spiro atoms. The van der Waals surface area contributed by atoms with E-state index in [0.717, 1.165) is 19.4 Å². The third-order valence-electron chi connectivity index (χ3n) is 11.2. The first-order valence-electron chi connectivity index (χ1n) is 24.2. The highest BCUT2D eigenvalue weighted by Gasteiger charge is 2.45. The Kier molecular flexibility index (Phi) is 26.7. The lowest BCUT2D eigenvalue weighted by Crippen LogP contribution is -2.56. The highest BCUT2D eigenvalue weighted by Crippen LogP contribution is 2.43. The Morgan fingerprint density at radius 2 is 1.67 bits per heavy atom. The highest BCUT2D eigenvalue weighted by atomic mass is 31.2. The molecule has 25 nitrogen and oxygen atoms in total. The summed E-state index contributed by atoms with van der Waals surface area (Å²) in [5.74, 6) is -3.59. The first kappa shape index (κ1) is 62.6. The number of phenols is 1. The van der Waals surface area contributed by atoms with E-state index < -0.39 is 62.7 Å². The number of nitrogen functional groups attached to an aromatic ring is 2. The number of amides is 5. The number of carbonyl (C=O) groups excluding carboxylic acids is 5. The number of nitrogens with zero attached hydrogens (tertiary/aromatic N) is 5. The van der Waals surface area contributed by atoms with Gasteiger partial charge in [0.05, 0.1) is 52.1 Å². The molecule has 0 saturated carbocycles. The number of rotatable bonds is 25. The fraction of sp³-hybridized carbons (Fsp3) is 0.574. The van der Waals surface area contributed by atoms with Crippen molar-refractivity contribution in [2.45, 2.75) is 109 Å². The Morgan fingerprint density at radius 1 is 1.00 bits per heavy atom. The van der Waals surface area contributed by atoms with Crippen molar-refractivity contribution < 1.29 is 62.0 Å². The molecule has 2 fully saturated rings. The molecule has 4 rings (SSSR count). The van der Waals surface area contributed by atoms with Crippen LogP contribution >= 0.6 is 7.82 Å². The van der Waals surface area contributed by atoms with Crippen LogP contribution in [0.1, 0.15) is 78.2 Å². The third kappa shape index (κ3) is 22.8. The van der Waals surface area contributed by atoms with Crippen LogP contribution in [-0.2, 0) is 44.3 Å². The lowest BCUT2D eigenvalue weighted by Gasteiger charge is -2.35. The van der Waals surface area contributed by atoms with Crippen LogP contribution in [-0.4, -0.2) is 174 Å². The van der Waals surface area contributed by atoms with Crippen molar-refractivity contribution in [2.75, 3.05) is 78.5 Å². The molecule has 0 bridgehead atoms. The summed E-state index contributed by atoms with van der Waals surface area (Å²) in [5, 5.41) is 29.7. The minimum atomic E-state index is -4.07. The van der Waals surface area contributed by atoms with E-state index in [4.69, 9.17) is 32.0 Å². The van der Waals surface area contributed by atoms with Gasteiger partial charge in [-0.25, -0.2) is 9.36 Å². The van der Waals surface area contributed by atoms with Crippen LogP contribution in [0.25, 0.3) is 0 Å². The number of carboxylic acids is 1. The number of aliphatic imine (C=N–C) groups is 2. The molecule has 408 valence electrons. The number of aromatic hydroxyl groups is 1. The molecular formula is C47H79N13O12P+. The Hall–Kier alpha value is -6.53. The van der Waals surface area contributed by atoms with Crippen molar-refractivity contribution in [2.24, 2.45) is 21.5 Å². The van der Waals surface area contributed by atoms with Crippen LogP contribution in [0.2, 0.25) is 0 Å². The van der Waals surface area contributed by atoms with Crippen molar-refractivity contribution in [1.29, 1.82) is 0 Å². The number of phosphoric acid groups is 1. The van der Waals surface area contributed by atoms with Gasteiger partial charge in [0.25, 0.3) is 0 Å². The number of anilines is 2. The zero-order chi connectivity index (χ0) is 54.9. The molecule has 2 heterocycles. The van der Waals surface area contributed by atoms with Crippen LogP contribution in [0.4, 0.5) is 11.4 Å². The average Bonchev–Trinajstić information content (AvgIpc) is 3.93. The van der Waals surface area contributed by atoms with Crippen LogP contribution < -0.4 is 48.7 Å². The topological polar surface area (TPSA) is 382 Å². The number of para-hydroxylation sites is 1. The number of nitrogens with two attached hydrogens (primary N) is 4. The van der Waals surface area contributed by atoms with Crippen molar-refractivity contribution in [3.63, 3.8) is 0 Å². The molecule has 26 heteroatoms. The van der Waals surface area contributed by atoms with Crippen molar-refractivity contribution >= 4 is 66.9 Å². The van der Waals surface area contributed by atoms with E-state index in [-0.39, 0.29) is 60.2 Å². The largest absolute Gasteiger partial charge is 0.527 e. The predicted octanol–water partition coefficient (Wildman–Crippen LogP) is 0.636. The van der Waals surface area contributed by atoms with Crippen LogP contribution in [0.5, 0.6) is 11.5 Å². The minimum Gasteiger partial charge on any atom is -0.506 e.